The number of methoxy groups -OCH3 is 1. The first-order valence-corrected chi connectivity index (χ1v) is 16.4. The van der Waals surface area contributed by atoms with E-state index in [1.165, 1.54) is 6.92 Å². The Balaban J connectivity index is 0.00000213. The van der Waals surface area contributed by atoms with Gasteiger partial charge in [-0.3, -0.25) is 4.79 Å². The number of esters is 1. The van der Waals surface area contributed by atoms with Crippen molar-refractivity contribution in [3.05, 3.63) is 86.4 Å². The summed E-state index contributed by atoms with van der Waals surface area (Å²) in [5, 5.41) is 13.7. The van der Waals surface area contributed by atoms with Crippen LogP contribution in [-0.2, 0) is 41.5 Å². The number of carbonyl (C=O) groups is 3. The van der Waals surface area contributed by atoms with Crippen LogP contribution in [0.25, 0.3) is 11.1 Å². The molecule has 1 amide bonds. The first kappa shape index (κ1) is 41.9. The van der Waals surface area contributed by atoms with Crippen molar-refractivity contribution in [1.29, 1.82) is 0 Å². The highest BCUT2D eigenvalue weighted by Crippen LogP contribution is 2.26. The van der Waals surface area contributed by atoms with Crippen LogP contribution in [0.5, 0.6) is 0 Å². The SMILES string of the molecule is CCCCc1nc(Cl)c(C(=O)OC(C)OC=O)n1Cc1ccc(-c2ccccc2/C(N)=N/N(N)C(=O)OCCCCO[N+](=O)[O-])cc1.CCOC. The highest BCUT2D eigenvalue weighted by atomic mass is 35.5. The van der Waals surface area contributed by atoms with Crippen LogP contribution >= 0.6 is 11.6 Å². The van der Waals surface area contributed by atoms with Gasteiger partial charge in [0.15, 0.2) is 16.7 Å². The zero-order chi connectivity index (χ0) is 37.8. The molecule has 0 bridgehead atoms. The monoisotopic (exact) mass is 733 g/mol. The van der Waals surface area contributed by atoms with Crippen LogP contribution in [0.2, 0.25) is 5.15 Å². The number of hydrazine groups is 1. The van der Waals surface area contributed by atoms with Crippen LogP contribution in [0.4, 0.5) is 4.79 Å². The van der Waals surface area contributed by atoms with Gasteiger partial charge in [0.05, 0.1) is 13.2 Å². The van der Waals surface area contributed by atoms with Crippen LogP contribution in [0.15, 0.2) is 53.6 Å². The summed E-state index contributed by atoms with van der Waals surface area (Å²) in [6, 6.07) is 14.6. The van der Waals surface area contributed by atoms with Crippen molar-refractivity contribution < 1.29 is 43.3 Å². The predicted molar refractivity (Wildman–Crippen MR) is 187 cm³/mol. The number of amidine groups is 1. The van der Waals surface area contributed by atoms with Gasteiger partial charge in [-0.15, -0.1) is 20.3 Å². The lowest BCUT2D eigenvalue weighted by Crippen LogP contribution is -2.36. The molecule has 2 aromatic carbocycles. The molecule has 0 aliphatic heterocycles. The number of hydrogen-bond acceptors (Lipinski definition) is 13. The van der Waals surface area contributed by atoms with E-state index in [1.807, 2.05) is 50.2 Å². The molecule has 17 nitrogen and oxygen atoms in total. The molecule has 3 aromatic rings. The second kappa shape index (κ2) is 22.5. The number of imidazole rings is 1. The minimum atomic E-state index is -1.11. The highest BCUT2D eigenvalue weighted by Gasteiger charge is 2.25. The zero-order valence-corrected chi connectivity index (χ0v) is 29.7. The molecule has 1 atom stereocenters. The molecule has 0 saturated carbocycles. The minimum Gasteiger partial charge on any atom is -0.447 e. The lowest BCUT2D eigenvalue weighted by Gasteiger charge is -2.15. The van der Waals surface area contributed by atoms with Gasteiger partial charge in [-0.05, 0) is 42.9 Å². The maximum absolute atomic E-state index is 13.0. The molecule has 1 unspecified atom stereocenters. The van der Waals surface area contributed by atoms with E-state index in [1.54, 1.807) is 23.8 Å². The maximum Gasteiger partial charge on any atom is 0.445 e. The Kier molecular flexibility index (Phi) is 18.5. The fourth-order valence-electron chi connectivity index (χ4n) is 4.38. The van der Waals surface area contributed by atoms with Gasteiger partial charge in [0.1, 0.15) is 5.82 Å². The number of unbranched alkanes of at least 4 members (excludes halogenated alkanes) is 2. The average Bonchev–Trinajstić information content (AvgIpc) is 3.42. The van der Waals surface area contributed by atoms with Crippen LogP contribution in [0.1, 0.15) is 73.9 Å². The molecule has 0 aliphatic carbocycles. The summed E-state index contributed by atoms with van der Waals surface area (Å²) in [6.07, 6.45) is 0.861. The molecule has 0 saturated heterocycles. The summed E-state index contributed by atoms with van der Waals surface area (Å²) < 4.78 is 21.2. The maximum atomic E-state index is 13.0. The third-order valence-corrected chi connectivity index (χ3v) is 7.20. The van der Waals surface area contributed by atoms with Gasteiger partial charge < -0.3 is 34.1 Å². The molecule has 18 heteroatoms. The van der Waals surface area contributed by atoms with Crippen molar-refractivity contribution in [3.63, 3.8) is 0 Å². The Labute approximate surface area is 300 Å². The van der Waals surface area contributed by atoms with E-state index in [9.17, 15) is 24.5 Å². The van der Waals surface area contributed by atoms with Gasteiger partial charge in [-0.1, -0.05) is 73.5 Å². The molecule has 0 spiro atoms. The van der Waals surface area contributed by atoms with Crippen LogP contribution in [-0.4, -0.2) is 77.3 Å². The number of benzene rings is 2. The third-order valence-electron chi connectivity index (χ3n) is 6.93. The van der Waals surface area contributed by atoms with Crippen LogP contribution < -0.4 is 11.6 Å². The number of carbonyl (C=O) groups excluding carboxylic acids is 3. The van der Waals surface area contributed by atoms with Gasteiger partial charge in [0.25, 0.3) is 11.6 Å². The standard InChI is InChI=1S/C30H36ClN7O9.C3H8O/c1-3-4-11-25-34-27(31)26(29(40)47-20(2)45-19-39)36(25)18-21-12-14-22(15-13-21)23-9-5-6-10-24(23)28(32)35-37(33)30(41)44-16-7-8-17-46-38(42)43;1-3-4-2/h5-6,9-10,12-15,19-20H,3-4,7-8,11,16-18,33H2,1-2H3,(H2,32,35);3H2,1-2H3. The molecular weight excluding hydrogens is 690 g/mol. The molecule has 0 radical (unpaired) electrons. The van der Waals surface area contributed by atoms with E-state index in [0.29, 0.717) is 41.3 Å². The Bertz CT molecular complexity index is 1600. The van der Waals surface area contributed by atoms with E-state index in [0.717, 1.165) is 30.6 Å². The number of hydrogen-bond donors (Lipinski definition) is 2. The van der Waals surface area contributed by atoms with E-state index in [-0.39, 0.29) is 42.9 Å². The molecule has 0 fully saturated rings. The molecule has 0 aliphatic rings. The number of rotatable bonds is 19. The van der Waals surface area contributed by atoms with Crippen molar-refractivity contribution in [2.75, 3.05) is 26.9 Å². The lowest BCUT2D eigenvalue weighted by molar-refractivity contribution is -0.757. The van der Waals surface area contributed by atoms with E-state index < -0.39 is 23.4 Å². The smallest absolute Gasteiger partial charge is 0.445 e. The number of nitrogens with two attached hydrogens (primary N) is 2. The van der Waals surface area contributed by atoms with Crippen molar-refractivity contribution in [3.8, 4) is 11.1 Å². The summed E-state index contributed by atoms with van der Waals surface area (Å²) in [6.45, 7) is 6.50. The fraction of sp³-hybridized carbons (Fsp3) is 0.424. The van der Waals surface area contributed by atoms with E-state index >= 15 is 0 Å². The number of aryl methyl sites for hydroxylation is 1. The molecule has 51 heavy (non-hydrogen) atoms. The Hall–Kier alpha value is -5.26. The Morgan fingerprint density at radius 2 is 1.78 bits per heavy atom. The fourth-order valence-corrected chi connectivity index (χ4v) is 4.66. The number of aromatic nitrogens is 2. The summed E-state index contributed by atoms with van der Waals surface area (Å²) in [4.78, 5) is 54.6. The Morgan fingerprint density at radius 3 is 2.41 bits per heavy atom. The summed E-state index contributed by atoms with van der Waals surface area (Å²) in [5.74, 6) is 5.53. The number of amides is 1. The normalized spacial score (nSPS) is 11.5. The molecule has 3 rings (SSSR count). The van der Waals surface area contributed by atoms with Gasteiger partial charge >= 0.3 is 12.1 Å². The van der Waals surface area contributed by atoms with Gasteiger partial charge in [0, 0.05) is 39.2 Å². The molecule has 1 aromatic heterocycles. The molecule has 4 N–H and O–H groups in total. The first-order valence-electron chi connectivity index (χ1n) is 16.0. The first-order chi connectivity index (χ1) is 24.5. The highest BCUT2D eigenvalue weighted by molar-refractivity contribution is 6.32. The average molecular weight is 734 g/mol. The minimum absolute atomic E-state index is 0.0140. The van der Waals surface area contributed by atoms with Crippen molar-refractivity contribution in [2.24, 2.45) is 16.7 Å². The Morgan fingerprint density at radius 1 is 1.12 bits per heavy atom. The predicted octanol–water partition coefficient (Wildman–Crippen LogP) is 4.84. The summed E-state index contributed by atoms with van der Waals surface area (Å²) in [5.41, 5.74) is 9.08. The molecular formula is C33H44ClN7O10. The topological polar surface area (TPSA) is 226 Å². The molecule has 278 valence electrons. The van der Waals surface area contributed by atoms with Crippen LogP contribution in [0.3, 0.4) is 0 Å². The third kappa shape index (κ3) is 13.9. The number of halogens is 1. The second-order valence-corrected chi connectivity index (χ2v) is 10.9. The van der Waals surface area contributed by atoms with Crippen molar-refractivity contribution in [2.45, 2.75) is 65.7 Å². The van der Waals surface area contributed by atoms with E-state index in [2.05, 4.69) is 24.4 Å². The number of ether oxygens (including phenoxy) is 4. The van der Waals surface area contributed by atoms with Gasteiger partial charge in [0.2, 0.25) is 6.29 Å². The van der Waals surface area contributed by atoms with Crippen molar-refractivity contribution in [1.82, 2.24) is 14.7 Å². The number of nitrogens with zero attached hydrogens (tertiary/aromatic N) is 5. The summed E-state index contributed by atoms with van der Waals surface area (Å²) in [7, 11) is 1.68. The lowest BCUT2D eigenvalue weighted by atomic mass is 9.98. The van der Waals surface area contributed by atoms with Gasteiger partial charge in [-0.2, -0.15) is 0 Å². The van der Waals surface area contributed by atoms with Gasteiger partial charge in [-0.25, -0.2) is 20.4 Å². The summed E-state index contributed by atoms with van der Waals surface area (Å²) >= 11 is 6.38. The zero-order valence-electron chi connectivity index (χ0n) is 29.0. The number of hydrazone groups is 1. The quantitative estimate of drug-likeness (QED) is 0.0161. The second-order valence-electron chi connectivity index (χ2n) is 10.6. The van der Waals surface area contributed by atoms with Crippen molar-refractivity contribution >= 4 is 36.0 Å². The van der Waals surface area contributed by atoms with Crippen LogP contribution in [0, 0.1) is 10.1 Å². The largest absolute Gasteiger partial charge is 0.447 e. The van der Waals surface area contributed by atoms with E-state index in [4.69, 9.17) is 32.7 Å². The molecule has 1 heterocycles.